The summed E-state index contributed by atoms with van der Waals surface area (Å²) in [6, 6.07) is 3.52. The largest absolute Gasteiger partial charge is 0.493 e. The smallest absolute Gasteiger partial charge is 0.347 e. The Morgan fingerprint density at radius 1 is 1.32 bits per heavy atom. The van der Waals surface area contributed by atoms with Crippen LogP contribution in [0.5, 0.6) is 11.5 Å². The standard InChI is InChI=1S/C12H10BrNO4S/c1-17-8-3-6(7(13)4-9(8)18-2)11-14-5-10(19-11)12(15)16/h3-5H,1-2H3,(H,15,16). The highest BCUT2D eigenvalue weighted by Gasteiger charge is 2.15. The van der Waals surface area contributed by atoms with Crippen LogP contribution in [0.25, 0.3) is 10.6 Å². The highest BCUT2D eigenvalue weighted by molar-refractivity contribution is 9.10. The van der Waals surface area contributed by atoms with Crippen molar-refractivity contribution in [3.05, 3.63) is 27.7 Å². The topological polar surface area (TPSA) is 68.7 Å². The summed E-state index contributed by atoms with van der Waals surface area (Å²) in [6.07, 6.45) is 1.34. The first-order valence-corrected chi connectivity index (χ1v) is 6.78. The molecule has 7 heteroatoms. The van der Waals surface area contributed by atoms with Crippen LogP contribution in [0.1, 0.15) is 9.67 Å². The van der Waals surface area contributed by atoms with Crippen molar-refractivity contribution < 1.29 is 19.4 Å². The average Bonchev–Trinajstić information content (AvgIpc) is 2.87. The van der Waals surface area contributed by atoms with Gasteiger partial charge in [0, 0.05) is 10.0 Å². The molecule has 0 aliphatic heterocycles. The number of halogens is 1. The number of hydrogen-bond acceptors (Lipinski definition) is 5. The van der Waals surface area contributed by atoms with Crippen molar-refractivity contribution in [2.75, 3.05) is 14.2 Å². The van der Waals surface area contributed by atoms with E-state index in [9.17, 15) is 4.79 Å². The van der Waals surface area contributed by atoms with Crippen LogP contribution in [0.2, 0.25) is 0 Å². The van der Waals surface area contributed by atoms with Crippen molar-refractivity contribution in [3.8, 4) is 22.1 Å². The van der Waals surface area contributed by atoms with Crippen LogP contribution in [-0.2, 0) is 0 Å². The van der Waals surface area contributed by atoms with E-state index in [-0.39, 0.29) is 4.88 Å². The predicted octanol–water partition coefficient (Wildman–Crippen LogP) is 3.29. The Morgan fingerprint density at radius 3 is 2.47 bits per heavy atom. The summed E-state index contributed by atoms with van der Waals surface area (Å²) in [5, 5.41) is 9.51. The van der Waals surface area contributed by atoms with Crippen molar-refractivity contribution >= 4 is 33.2 Å². The van der Waals surface area contributed by atoms with Crippen molar-refractivity contribution in [1.29, 1.82) is 0 Å². The Balaban J connectivity index is 2.51. The average molecular weight is 344 g/mol. The summed E-state index contributed by atoms with van der Waals surface area (Å²) in [5.41, 5.74) is 0.759. The quantitative estimate of drug-likeness (QED) is 0.922. The van der Waals surface area contributed by atoms with Gasteiger partial charge in [-0.1, -0.05) is 0 Å². The molecule has 0 spiro atoms. The van der Waals surface area contributed by atoms with E-state index in [2.05, 4.69) is 20.9 Å². The minimum atomic E-state index is -0.986. The molecule has 1 heterocycles. The van der Waals surface area contributed by atoms with Gasteiger partial charge in [-0.2, -0.15) is 0 Å². The molecule has 0 atom stereocenters. The fourth-order valence-corrected chi connectivity index (χ4v) is 2.94. The summed E-state index contributed by atoms with van der Waals surface area (Å²) in [4.78, 5) is 15.2. The SMILES string of the molecule is COc1cc(Br)c(-c2ncc(C(=O)O)s2)cc1OC. The van der Waals surface area contributed by atoms with E-state index in [0.29, 0.717) is 16.5 Å². The number of carboxylic acids is 1. The maximum absolute atomic E-state index is 10.9. The van der Waals surface area contributed by atoms with E-state index < -0.39 is 5.97 Å². The van der Waals surface area contributed by atoms with Gasteiger partial charge in [0.1, 0.15) is 9.88 Å². The number of carbonyl (C=O) groups is 1. The Kier molecular flexibility index (Phi) is 4.06. The zero-order valence-electron chi connectivity index (χ0n) is 10.1. The van der Waals surface area contributed by atoms with Gasteiger partial charge in [-0.05, 0) is 28.1 Å². The minimum Gasteiger partial charge on any atom is -0.493 e. The number of methoxy groups -OCH3 is 2. The summed E-state index contributed by atoms with van der Waals surface area (Å²) >= 11 is 4.52. The predicted molar refractivity (Wildman–Crippen MR) is 75.3 cm³/mol. The normalized spacial score (nSPS) is 10.3. The molecule has 0 unspecified atom stereocenters. The molecular formula is C12H10BrNO4S. The number of rotatable bonds is 4. The molecule has 5 nitrogen and oxygen atoms in total. The maximum Gasteiger partial charge on any atom is 0.347 e. The number of nitrogens with zero attached hydrogens (tertiary/aromatic N) is 1. The molecule has 0 aliphatic carbocycles. The lowest BCUT2D eigenvalue weighted by atomic mass is 10.2. The highest BCUT2D eigenvalue weighted by atomic mass is 79.9. The summed E-state index contributed by atoms with van der Waals surface area (Å²) < 4.78 is 11.2. The van der Waals surface area contributed by atoms with Crippen LogP contribution >= 0.6 is 27.3 Å². The highest BCUT2D eigenvalue weighted by Crippen LogP contribution is 2.39. The fraction of sp³-hybridized carbons (Fsp3) is 0.167. The second-order valence-corrected chi connectivity index (χ2v) is 5.41. The first-order chi connectivity index (χ1) is 9.06. The van der Waals surface area contributed by atoms with Gasteiger partial charge in [0.05, 0.1) is 20.4 Å². The lowest BCUT2D eigenvalue weighted by molar-refractivity contribution is 0.0702. The van der Waals surface area contributed by atoms with Crippen LogP contribution in [0.3, 0.4) is 0 Å². The van der Waals surface area contributed by atoms with E-state index in [1.54, 1.807) is 26.4 Å². The zero-order valence-corrected chi connectivity index (χ0v) is 12.5. The molecule has 2 aromatic rings. The number of thiazole rings is 1. The van der Waals surface area contributed by atoms with E-state index >= 15 is 0 Å². The molecule has 1 aromatic heterocycles. The van der Waals surface area contributed by atoms with Gasteiger partial charge in [0.2, 0.25) is 0 Å². The van der Waals surface area contributed by atoms with Gasteiger partial charge in [0.15, 0.2) is 11.5 Å². The molecule has 1 aromatic carbocycles. The van der Waals surface area contributed by atoms with E-state index in [0.717, 1.165) is 21.4 Å². The second kappa shape index (κ2) is 5.58. The fourth-order valence-electron chi connectivity index (χ4n) is 1.52. The summed E-state index contributed by atoms with van der Waals surface area (Å²) in [6.45, 7) is 0. The number of hydrogen-bond donors (Lipinski definition) is 1. The van der Waals surface area contributed by atoms with Gasteiger partial charge < -0.3 is 14.6 Å². The van der Waals surface area contributed by atoms with E-state index in [4.69, 9.17) is 14.6 Å². The minimum absolute atomic E-state index is 0.191. The van der Waals surface area contributed by atoms with Gasteiger partial charge >= 0.3 is 5.97 Å². The van der Waals surface area contributed by atoms with Crippen LogP contribution in [-0.4, -0.2) is 30.3 Å². The molecule has 100 valence electrons. The first kappa shape index (κ1) is 13.8. The van der Waals surface area contributed by atoms with Crippen molar-refractivity contribution in [3.63, 3.8) is 0 Å². The summed E-state index contributed by atoms with van der Waals surface area (Å²) in [7, 11) is 3.09. The van der Waals surface area contributed by atoms with Crippen molar-refractivity contribution in [2.24, 2.45) is 0 Å². The van der Waals surface area contributed by atoms with Crippen molar-refractivity contribution in [1.82, 2.24) is 4.98 Å². The third kappa shape index (κ3) is 2.71. The van der Waals surface area contributed by atoms with Crippen LogP contribution in [0.15, 0.2) is 22.8 Å². The Labute approximate surface area is 121 Å². The number of carboxylic acid groups (broad SMARTS) is 1. The molecule has 0 saturated heterocycles. The second-order valence-electron chi connectivity index (χ2n) is 3.52. The van der Waals surface area contributed by atoms with E-state index in [1.165, 1.54) is 6.20 Å². The molecule has 0 amide bonds. The van der Waals surface area contributed by atoms with Gasteiger partial charge in [0.25, 0.3) is 0 Å². The Hall–Kier alpha value is -1.60. The molecule has 1 N–H and O–H groups in total. The summed E-state index contributed by atoms with van der Waals surface area (Å²) in [5.74, 6) is 0.168. The lowest BCUT2D eigenvalue weighted by Crippen LogP contribution is -1.92. The lowest BCUT2D eigenvalue weighted by Gasteiger charge is -2.10. The Morgan fingerprint density at radius 2 is 1.95 bits per heavy atom. The molecular weight excluding hydrogens is 334 g/mol. The number of aromatic nitrogens is 1. The number of benzene rings is 1. The number of ether oxygens (including phenoxy) is 2. The van der Waals surface area contributed by atoms with Gasteiger partial charge in [-0.3, -0.25) is 0 Å². The zero-order chi connectivity index (χ0) is 14.0. The third-order valence-electron chi connectivity index (χ3n) is 2.42. The molecule has 0 bridgehead atoms. The first-order valence-electron chi connectivity index (χ1n) is 5.17. The van der Waals surface area contributed by atoms with Gasteiger partial charge in [-0.25, -0.2) is 9.78 Å². The van der Waals surface area contributed by atoms with Crippen LogP contribution in [0.4, 0.5) is 0 Å². The van der Waals surface area contributed by atoms with Crippen LogP contribution < -0.4 is 9.47 Å². The monoisotopic (exact) mass is 343 g/mol. The Bertz CT molecular complexity index is 626. The van der Waals surface area contributed by atoms with Crippen LogP contribution in [0, 0.1) is 0 Å². The van der Waals surface area contributed by atoms with Gasteiger partial charge in [-0.15, -0.1) is 11.3 Å². The number of aromatic carboxylic acids is 1. The maximum atomic E-state index is 10.9. The molecule has 0 aliphatic rings. The molecule has 19 heavy (non-hydrogen) atoms. The molecule has 0 saturated carbocycles. The third-order valence-corrected chi connectivity index (χ3v) is 4.09. The van der Waals surface area contributed by atoms with Crippen molar-refractivity contribution in [2.45, 2.75) is 0 Å². The molecule has 0 radical (unpaired) electrons. The van der Waals surface area contributed by atoms with E-state index in [1.807, 2.05) is 0 Å². The molecule has 2 rings (SSSR count). The molecule has 0 fully saturated rings.